The number of benzene rings is 1. The first-order chi connectivity index (χ1) is 20.0. The molecule has 1 aromatic heterocycles. The highest BCUT2D eigenvalue weighted by Gasteiger charge is 2.42. The monoisotopic (exact) mass is 586 g/mol. The number of cyclic esters (lactones) is 2. The van der Waals surface area contributed by atoms with Gasteiger partial charge in [0.2, 0.25) is 0 Å². The van der Waals surface area contributed by atoms with E-state index in [1.807, 2.05) is 44.2 Å². The molecule has 1 N–H and O–H groups in total. The Hall–Kier alpha value is -4.19. The smallest absolute Gasteiger partial charge is 0.332 e. The minimum absolute atomic E-state index is 0.00327. The average Bonchev–Trinajstić information content (AvgIpc) is 2.99. The molecule has 1 aliphatic heterocycles. The molecule has 12 nitrogen and oxygen atoms in total. The van der Waals surface area contributed by atoms with Crippen LogP contribution in [0.1, 0.15) is 50.7 Å². The van der Waals surface area contributed by atoms with E-state index in [2.05, 4.69) is 10.3 Å². The minimum atomic E-state index is -1.39. The molecule has 1 fully saturated rings. The Morgan fingerprint density at radius 1 is 1.07 bits per heavy atom. The highest BCUT2D eigenvalue weighted by Crippen LogP contribution is 2.30. The zero-order valence-corrected chi connectivity index (χ0v) is 24.7. The maximum atomic E-state index is 13.4. The summed E-state index contributed by atoms with van der Waals surface area (Å²) in [6.45, 7) is 7.77. The van der Waals surface area contributed by atoms with Crippen molar-refractivity contribution in [2.45, 2.75) is 65.4 Å². The molecule has 0 aliphatic carbocycles. The van der Waals surface area contributed by atoms with Crippen molar-refractivity contribution in [3.63, 3.8) is 0 Å². The van der Waals surface area contributed by atoms with Crippen LogP contribution in [-0.4, -0.2) is 73.7 Å². The second kappa shape index (κ2) is 15.2. The SMILES string of the molecule is COc1ccnc(C(=O)N[C@H]2COC(=O)C(Cc3ccccc3)C(OC(=O)C(C)C)[C@H](C)OC2=O)c1OCOC(C)C. The van der Waals surface area contributed by atoms with Gasteiger partial charge in [-0.05, 0) is 32.8 Å². The van der Waals surface area contributed by atoms with Crippen molar-refractivity contribution in [1.82, 2.24) is 10.3 Å². The van der Waals surface area contributed by atoms with Crippen LogP contribution in [0.5, 0.6) is 11.5 Å². The molecule has 0 radical (unpaired) electrons. The summed E-state index contributed by atoms with van der Waals surface area (Å²) in [4.78, 5) is 56.6. The summed E-state index contributed by atoms with van der Waals surface area (Å²) in [5, 5.41) is 2.51. The second-order valence-electron chi connectivity index (χ2n) is 10.3. The lowest BCUT2D eigenvalue weighted by atomic mass is 9.91. The lowest BCUT2D eigenvalue weighted by Gasteiger charge is -2.29. The molecule has 0 saturated carbocycles. The van der Waals surface area contributed by atoms with Crippen LogP contribution in [0.15, 0.2) is 42.6 Å². The van der Waals surface area contributed by atoms with Crippen LogP contribution in [0.4, 0.5) is 0 Å². The van der Waals surface area contributed by atoms with Gasteiger partial charge in [-0.2, -0.15) is 0 Å². The van der Waals surface area contributed by atoms with Gasteiger partial charge in [0, 0.05) is 12.3 Å². The number of hydrogen-bond acceptors (Lipinski definition) is 11. The van der Waals surface area contributed by atoms with Gasteiger partial charge in [-0.1, -0.05) is 44.2 Å². The van der Waals surface area contributed by atoms with Crippen molar-refractivity contribution < 1.29 is 47.6 Å². The molecule has 2 heterocycles. The van der Waals surface area contributed by atoms with Crippen LogP contribution >= 0.6 is 0 Å². The van der Waals surface area contributed by atoms with Crippen molar-refractivity contribution in [2.75, 3.05) is 20.5 Å². The Kier molecular flexibility index (Phi) is 11.7. The normalized spacial score (nSPS) is 21.0. The number of methoxy groups -OCH3 is 1. The largest absolute Gasteiger partial charge is 0.493 e. The molecule has 1 saturated heterocycles. The standard InChI is InChI=1S/C30H38N2O10/c1-17(2)28(34)42-25-19(5)41-30(36)22(15-38-29(35)21(25)14-20-10-8-7-9-11-20)32-27(33)24-26(40-16-39-18(3)4)23(37-6)12-13-31-24/h7-13,17-19,21-22,25H,14-16H2,1-6H3,(H,32,33)/t19-,21?,22-,25?/m0/s1. The first-order valence-electron chi connectivity index (χ1n) is 13.7. The van der Waals surface area contributed by atoms with Crippen LogP contribution in [0.25, 0.3) is 0 Å². The van der Waals surface area contributed by atoms with Gasteiger partial charge in [0.1, 0.15) is 18.6 Å². The van der Waals surface area contributed by atoms with Gasteiger partial charge in [0.25, 0.3) is 5.91 Å². The van der Waals surface area contributed by atoms with Gasteiger partial charge in [-0.15, -0.1) is 0 Å². The molecule has 2 aromatic rings. The van der Waals surface area contributed by atoms with E-state index in [1.54, 1.807) is 13.8 Å². The van der Waals surface area contributed by atoms with Gasteiger partial charge in [-0.25, -0.2) is 9.78 Å². The number of carbonyl (C=O) groups is 4. The third-order valence-electron chi connectivity index (χ3n) is 6.38. The number of nitrogens with one attached hydrogen (secondary N) is 1. The van der Waals surface area contributed by atoms with Crippen molar-refractivity contribution in [3.05, 3.63) is 53.9 Å². The topological polar surface area (TPSA) is 149 Å². The lowest BCUT2D eigenvalue weighted by Crippen LogP contribution is -2.47. The quantitative estimate of drug-likeness (QED) is 0.235. The third kappa shape index (κ3) is 8.65. The summed E-state index contributed by atoms with van der Waals surface area (Å²) >= 11 is 0. The predicted octanol–water partition coefficient (Wildman–Crippen LogP) is 2.87. The van der Waals surface area contributed by atoms with E-state index in [4.69, 9.17) is 28.4 Å². The van der Waals surface area contributed by atoms with E-state index in [0.717, 1.165) is 5.56 Å². The van der Waals surface area contributed by atoms with Gasteiger partial charge in [0.15, 0.2) is 36.1 Å². The predicted molar refractivity (Wildman–Crippen MR) is 149 cm³/mol. The Morgan fingerprint density at radius 3 is 2.43 bits per heavy atom. The van der Waals surface area contributed by atoms with Crippen molar-refractivity contribution in [3.8, 4) is 11.5 Å². The number of aromatic nitrogens is 1. The van der Waals surface area contributed by atoms with Crippen LogP contribution in [0.3, 0.4) is 0 Å². The minimum Gasteiger partial charge on any atom is -0.493 e. The molecule has 2 unspecified atom stereocenters. The van der Waals surface area contributed by atoms with Crippen molar-refractivity contribution in [2.24, 2.45) is 11.8 Å². The Balaban J connectivity index is 1.86. The maximum absolute atomic E-state index is 13.4. The average molecular weight is 587 g/mol. The van der Waals surface area contributed by atoms with Gasteiger partial charge >= 0.3 is 17.9 Å². The summed E-state index contributed by atoms with van der Waals surface area (Å²) in [5.41, 5.74) is 0.616. The van der Waals surface area contributed by atoms with Crippen molar-refractivity contribution in [1.29, 1.82) is 0 Å². The highest BCUT2D eigenvalue weighted by molar-refractivity contribution is 5.98. The van der Waals surface area contributed by atoms with Crippen LogP contribution < -0.4 is 14.8 Å². The molecule has 4 atom stereocenters. The number of amides is 1. The number of nitrogens with zero attached hydrogens (tertiary/aromatic N) is 1. The fourth-order valence-electron chi connectivity index (χ4n) is 4.10. The molecule has 42 heavy (non-hydrogen) atoms. The summed E-state index contributed by atoms with van der Waals surface area (Å²) in [6, 6.07) is 9.24. The Morgan fingerprint density at radius 2 is 1.79 bits per heavy atom. The molecular formula is C30H38N2O10. The number of carbonyl (C=O) groups excluding carboxylic acids is 4. The van der Waals surface area contributed by atoms with Gasteiger partial charge < -0.3 is 33.7 Å². The number of esters is 3. The number of hydrogen-bond donors (Lipinski definition) is 1. The number of rotatable bonds is 11. The van der Waals surface area contributed by atoms with Crippen LogP contribution in [0.2, 0.25) is 0 Å². The molecule has 1 aromatic carbocycles. The molecule has 3 rings (SSSR count). The highest BCUT2D eigenvalue weighted by atomic mass is 16.7. The van der Waals surface area contributed by atoms with E-state index < -0.39 is 60.5 Å². The zero-order valence-electron chi connectivity index (χ0n) is 24.7. The molecule has 0 spiro atoms. The van der Waals surface area contributed by atoms with E-state index in [0.29, 0.717) is 0 Å². The number of pyridine rings is 1. The van der Waals surface area contributed by atoms with Gasteiger partial charge in [-0.3, -0.25) is 14.4 Å². The molecular weight excluding hydrogens is 548 g/mol. The fourth-order valence-corrected chi connectivity index (χ4v) is 4.10. The third-order valence-corrected chi connectivity index (χ3v) is 6.38. The summed E-state index contributed by atoms with van der Waals surface area (Å²) in [7, 11) is 1.40. The van der Waals surface area contributed by atoms with Gasteiger partial charge in [0.05, 0.1) is 19.1 Å². The zero-order chi connectivity index (χ0) is 30.8. The second-order valence-corrected chi connectivity index (χ2v) is 10.3. The van der Waals surface area contributed by atoms with E-state index in [9.17, 15) is 19.2 Å². The first kappa shape index (κ1) is 32.3. The fraction of sp³-hybridized carbons (Fsp3) is 0.500. The maximum Gasteiger partial charge on any atom is 0.332 e. The summed E-state index contributed by atoms with van der Waals surface area (Å²) < 4.78 is 33.2. The molecule has 228 valence electrons. The number of ether oxygens (including phenoxy) is 6. The Labute approximate surface area is 245 Å². The van der Waals surface area contributed by atoms with E-state index >= 15 is 0 Å². The van der Waals surface area contributed by atoms with Crippen molar-refractivity contribution >= 4 is 23.8 Å². The molecule has 1 amide bonds. The molecule has 0 bridgehead atoms. The first-order valence-corrected chi connectivity index (χ1v) is 13.7. The van der Waals surface area contributed by atoms with Crippen LogP contribution in [0, 0.1) is 11.8 Å². The molecule has 12 heteroatoms. The van der Waals surface area contributed by atoms with E-state index in [-0.39, 0.29) is 36.5 Å². The Bertz CT molecular complexity index is 1230. The van der Waals surface area contributed by atoms with Crippen LogP contribution in [-0.2, 0) is 39.8 Å². The summed E-state index contributed by atoms with van der Waals surface area (Å²) in [5.74, 6) is -4.20. The summed E-state index contributed by atoms with van der Waals surface area (Å²) in [6.07, 6.45) is -0.797. The van der Waals surface area contributed by atoms with E-state index in [1.165, 1.54) is 26.3 Å². The molecule has 1 aliphatic rings. The lowest BCUT2D eigenvalue weighted by molar-refractivity contribution is -0.176.